The van der Waals surface area contributed by atoms with E-state index in [2.05, 4.69) is 23.6 Å². The number of methoxy groups -OCH3 is 1. The summed E-state index contributed by atoms with van der Waals surface area (Å²) in [5.74, 6) is -0.157. The van der Waals surface area contributed by atoms with E-state index in [1.54, 1.807) is 36.4 Å². The summed E-state index contributed by atoms with van der Waals surface area (Å²) >= 11 is 0. The first kappa shape index (κ1) is 19.0. The molecule has 0 bridgehead atoms. The van der Waals surface area contributed by atoms with Crippen LogP contribution in [-0.2, 0) is 21.2 Å². The average molecular weight is 386 g/mol. The molecular formula is C20H22N2O4S. The summed E-state index contributed by atoms with van der Waals surface area (Å²) in [6.45, 7) is 4.22. The molecular weight excluding hydrogens is 364 g/mol. The summed E-state index contributed by atoms with van der Waals surface area (Å²) in [6.07, 6.45) is 0.878. The Hall–Kier alpha value is -2.80. The lowest BCUT2D eigenvalue weighted by molar-refractivity contribution is 0.0596. The fourth-order valence-corrected chi connectivity index (χ4v) is 4.07. The number of anilines is 1. The molecule has 0 saturated carbocycles. The maximum absolute atomic E-state index is 12.9. The van der Waals surface area contributed by atoms with Gasteiger partial charge in [0.15, 0.2) is 5.69 Å². The number of carbonyl (C=O) groups excluding carboxylic acids is 1. The first-order chi connectivity index (χ1) is 12.8. The Balaban J connectivity index is 1.99. The highest BCUT2D eigenvalue weighted by Gasteiger charge is 2.23. The molecule has 0 unspecified atom stereocenters. The summed E-state index contributed by atoms with van der Waals surface area (Å²) in [7, 11) is -2.61. The van der Waals surface area contributed by atoms with Gasteiger partial charge in [0.2, 0.25) is 0 Å². The molecule has 0 spiro atoms. The summed E-state index contributed by atoms with van der Waals surface area (Å²) in [5.41, 5.74) is 1.97. The van der Waals surface area contributed by atoms with Gasteiger partial charge in [-0.3, -0.25) is 4.72 Å². The van der Waals surface area contributed by atoms with Gasteiger partial charge in [0.25, 0.3) is 10.0 Å². The Morgan fingerprint density at radius 3 is 2.41 bits per heavy atom. The van der Waals surface area contributed by atoms with Crippen LogP contribution in [0, 0.1) is 5.92 Å². The lowest BCUT2D eigenvalue weighted by Gasteiger charge is -2.10. The summed E-state index contributed by atoms with van der Waals surface area (Å²) in [5, 5.41) is 0.595. The number of aromatic nitrogens is 1. The molecule has 0 aliphatic rings. The van der Waals surface area contributed by atoms with Gasteiger partial charge in [0, 0.05) is 10.9 Å². The van der Waals surface area contributed by atoms with Crippen LogP contribution in [0.1, 0.15) is 29.9 Å². The first-order valence-corrected chi connectivity index (χ1v) is 10.1. The number of hydrogen-bond acceptors (Lipinski definition) is 4. The third kappa shape index (κ3) is 3.98. The largest absolute Gasteiger partial charge is 0.464 e. The zero-order valence-corrected chi connectivity index (χ0v) is 16.3. The smallest absolute Gasteiger partial charge is 0.356 e. The molecule has 2 aromatic carbocycles. The van der Waals surface area contributed by atoms with Gasteiger partial charge in [-0.05, 0) is 36.1 Å². The van der Waals surface area contributed by atoms with Gasteiger partial charge < -0.3 is 9.72 Å². The van der Waals surface area contributed by atoms with Crippen molar-refractivity contribution in [3.8, 4) is 0 Å². The maximum Gasteiger partial charge on any atom is 0.356 e. The quantitative estimate of drug-likeness (QED) is 0.628. The molecule has 3 rings (SSSR count). The number of ether oxygens (including phenoxy) is 1. The van der Waals surface area contributed by atoms with Crippen molar-refractivity contribution in [2.24, 2.45) is 5.92 Å². The highest BCUT2D eigenvalue weighted by molar-refractivity contribution is 7.92. The Morgan fingerprint density at radius 2 is 1.78 bits per heavy atom. The van der Waals surface area contributed by atoms with E-state index in [0.29, 0.717) is 16.8 Å². The van der Waals surface area contributed by atoms with Crippen LogP contribution in [0.25, 0.3) is 10.9 Å². The van der Waals surface area contributed by atoms with Crippen molar-refractivity contribution < 1.29 is 17.9 Å². The lowest BCUT2D eigenvalue weighted by Crippen LogP contribution is -2.15. The Labute approximate surface area is 158 Å². The number of aromatic amines is 1. The molecule has 0 saturated heterocycles. The standard InChI is InChI=1S/C20H22N2O4S/c1-13(2)12-14-8-10-15(11-9-14)27(24,25)22-18-16-6-4-5-7-17(16)21-19(18)20(23)26-3/h4-11,13,21-22H,12H2,1-3H3. The summed E-state index contributed by atoms with van der Waals surface area (Å²) in [6, 6.07) is 13.8. The van der Waals surface area contributed by atoms with Crippen molar-refractivity contribution in [1.82, 2.24) is 4.98 Å². The Morgan fingerprint density at radius 1 is 1.11 bits per heavy atom. The number of hydrogen-bond donors (Lipinski definition) is 2. The first-order valence-electron chi connectivity index (χ1n) is 8.62. The molecule has 7 heteroatoms. The molecule has 3 aromatic rings. The van der Waals surface area contributed by atoms with Crippen LogP contribution in [-0.4, -0.2) is 26.5 Å². The highest BCUT2D eigenvalue weighted by Crippen LogP contribution is 2.30. The number of rotatable bonds is 6. The molecule has 0 fully saturated rings. The Kier molecular flexibility index (Phi) is 5.23. The maximum atomic E-state index is 12.9. The van der Waals surface area contributed by atoms with Gasteiger partial charge in [-0.15, -0.1) is 0 Å². The number of H-pyrrole nitrogens is 1. The van der Waals surface area contributed by atoms with E-state index < -0.39 is 16.0 Å². The number of sulfonamides is 1. The molecule has 0 radical (unpaired) electrons. The van der Waals surface area contributed by atoms with E-state index in [9.17, 15) is 13.2 Å². The third-order valence-electron chi connectivity index (χ3n) is 4.21. The number of carbonyl (C=O) groups is 1. The van der Waals surface area contributed by atoms with Gasteiger partial charge in [0.05, 0.1) is 17.7 Å². The molecule has 2 N–H and O–H groups in total. The predicted molar refractivity (Wildman–Crippen MR) is 105 cm³/mol. The number of nitrogens with one attached hydrogen (secondary N) is 2. The Bertz CT molecular complexity index is 1070. The van der Waals surface area contributed by atoms with E-state index >= 15 is 0 Å². The van der Waals surface area contributed by atoms with E-state index in [0.717, 1.165) is 12.0 Å². The van der Waals surface area contributed by atoms with Gasteiger partial charge in [-0.1, -0.05) is 44.2 Å². The second-order valence-electron chi connectivity index (χ2n) is 6.76. The van der Waals surface area contributed by atoms with Crippen LogP contribution in [0.5, 0.6) is 0 Å². The molecule has 0 amide bonds. The van der Waals surface area contributed by atoms with Gasteiger partial charge in [-0.25, -0.2) is 13.2 Å². The van der Waals surface area contributed by atoms with E-state index in [-0.39, 0.29) is 16.3 Å². The lowest BCUT2D eigenvalue weighted by atomic mass is 10.0. The third-order valence-corrected chi connectivity index (χ3v) is 5.58. The van der Waals surface area contributed by atoms with Gasteiger partial charge in [0.1, 0.15) is 0 Å². The molecule has 1 heterocycles. The molecule has 6 nitrogen and oxygen atoms in total. The highest BCUT2D eigenvalue weighted by atomic mass is 32.2. The fraction of sp³-hybridized carbons (Fsp3) is 0.250. The van der Waals surface area contributed by atoms with Crippen molar-refractivity contribution in [3.05, 3.63) is 59.8 Å². The van der Waals surface area contributed by atoms with Crippen LogP contribution < -0.4 is 4.72 Å². The molecule has 142 valence electrons. The summed E-state index contributed by atoms with van der Waals surface area (Å²) < 4.78 is 33.0. The van der Waals surface area contributed by atoms with Crippen LogP contribution in [0.3, 0.4) is 0 Å². The van der Waals surface area contributed by atoms with Crippen molar-refractivity contribution in [1.29, 1.82) is 0 Å². The van der Waals surface area contributed by atoms with Gasteiger partial charge in [-0.2, -0.15) is 0 Å². The van der Waals surface area contributed by atoms with Crippen molar-refractivity contribution in [2.75, 3.05) is 11.8 Å². The number of fused-ring (bicyclic) bond motifs is 1. The van der Waals surface area contributed by atoms with Crippen molar-refractivity contribution >= 4 is 32.6 Å². The van der Waals surface area contributed by atoms with E-state index in [4.69, 9.17) is 4.74 Å². The molecule has 27 heavy (non-hydrogen) atoms. The van der Waals surface area contributed by atoms with E-state index in [1.807, 2.05) is 12.1 Å². The minimum atomic E-state index is -3.86. The van der Waals surface area contributed by atoms with Crippen molar-refractivity contribution in [3.63, 3.8) is 0 Å². The average Bonchev–Trinajstić information content (AvgIpc) is 2.99. The second kappa shape index (κ2) is 7.44. The monoisotopic (exact) mass is 386 g/mol. The van der Waals surface area contributed by atoms with Crippen LogP contribution in [0.4, 0.5) is 5.69 Å². The van der Waals surface area contributed by atoms with Crippen LogP contribution in [0.2, 0.25) is 0 Å². The number of esters is 1. The van der Waals surface area contributed by atoms with Crippen LogP contribution >= 0.6 is 0 Å². The van der Waals surface area contributed by atoms with Crippen molar-refractivity contribution in [2.45, 2.75) is 25.2 Å². The minimum Gasteiger partial charge on any atom is -0.464 e. The molecule has 0 aliphatic heterocycles. The van der Waals surface area contributed by atoms with Crippen LogP contribution in [0.15, 0.2) is 53.4 Å². The topological polar surface area (TPSA) is 88.3 Å². The summed E-state index contributed by atoms with van der Waals surface area (Å²) in [4.78, 5) is 15.1. The fourth-order valence-electron chi connectivity index (χ4n) is 2.97. The predicted octanol–water partition coefficient (Wildman–Crippen LogP) is 3.95. The molecule has 0 atom stereocenters. The number of benzene rings is 2. The zero-order valence-electron chi connectivity index (χ0n) is 15.4. The SMILES string of the molecule is COC(=O)c1[nH]c2ccccc2c1NS(=O)(=O)c1ccc(CC(C)C)cc1. The molecule has 0 aliphatic carbocycles. The minimum absolute atomic E-state index is 0.0682. The zero-order chi connectivity index (χ0) is 19.6. The van der Waals surface area contributed by atoms with Gasteiger partial charge >= 0.3 is 5.97 Å². The normalized spacial score (nSPS) is 11.7. The molecule has 1 aromatic heterocycles. The van der Waals surface area contributed by atoms with E-state index in [1.165, 1.54) is 7.11 Å². The number of para-hydroxylation sites is 1. The second-order valence-corrected chi connectivity index (χ2v) is 8.44.